The standard InChI is InChI=1S/C14H21N5O/c1-11(2)6-15-7-12-4-5-13(16-8-12)9-20-14-17-10-19(3)18-14/h4-5,8,10-11,15H,6-7,9H2,1-3H3. The molecule has 0 aliphatic heterocycles. The first kappa shape index (κ1) is 14.5. The van der Waals surface area contributed by atoms with E-state index >= 15 is 0 Å². The molecule has 0 radical (unpaired) electrons. The largest absolute Gasteiger partial charge is 0.456 e. The molecule has 20 heavy (non-hydrogen) atoms. The third-order valence-corrected chi connectivity index (χ3v) is 2.70. The maximum absolute atomic E-state index is 5.44. The number of nitrogens with one attached hydrogen (secondary N) is 1. The van der Waals surface area contributed by atoms with Crippen LogP contribution >= 0.6 is 0 Å². The Bertz CT molecular complexity index is 521. The van der Waals surface area contributed by atoms with E-state index < -0.39 is 0 Å². The molecule has 0 spiro atoms. The van der Waals surface area contributed by atoms with Gasteiger partial charge < -0.3 is 10.1 Å². The van der Waals surface area contributed by atoms with Crippen molar-refractivity contribution in [3.8, 4) is 6.01 Å². The Kier molecular flexibility index (Phi) is 5.06. The molecule has 6 nitrogen and oxygen atoms in total. The number of aryl methyl sites for hydroxylation is 1. The molecule has 0 saturated heterocycles. The lowest BCUT2D eigenvalue weighted by Gasteiger charge is -2.07. The van der Waals surface area contributed by atoms with Crippen molar-refractivity contribution in [2.45, 2.75) is 27.0 Å². The summed E-state index contributed by atoms with van der Waals surface area (Å²) in [6.45, 7) is 6.61. The molecule has 0 fully saturated rings. The summed E-state index contributed by atoms with van der Waals surface area (Å²) in [7, 11) is 1.80. The molecule has 2 aromatic rings. The summed E-state index contributed by atoms with van der Waals surface area (Å²) in [4.78, 5) is 8.37. The summed E-state index contributed by atoms with van der Waals surface area (Å²) in [5, 5.41) is 7.43. The zero-order chi connectivity index (χ0) is 14.4. The number of aromatic nitrogens is 4. The van der Waals surface area contributed by atoms with E-state index in [0.717, 1.165) is 18.8 Å². The van der Waals surface area contributed by atoms with Gasteiger partial charge in [-0.25, -0.2) is 0 Å². The molecular formula is C14H21N5O. The lowest BCUT2D eigenvalue weighted by Crippen LogP contribution is -2.19. The lowest BCUT2D eigenvalue weighted by atomic mass is 10.2. The second-order valence-electron chi connectivity index (χ2n) is 5.17. The third-order valence-electron chi connectivity index (χ3n) is 2.70. The number of nitrogens with zero attached hydrogens (tertiary/aromatic N) is 4. The van der Waals surface area contributed by atoms with E-state index in [-0.39, 0.29) is 0 Å². The molecule has 0 atom stereocenters. The third kappa shape index (κ3) is 4.62. The second kappa shape index (κ2) is 7.00. The van der Waals surface area contributed by atoms with E-state index in [2.05, 4.69) is 40.3 Å². The van der Waals surface area contributed by atoms with Gasteiger partial charge in [-0.2, -0.15) is 4.98 Å². The van der Waals surface area contributed by atoms with Crippen LogP contribution < -0.4 is 10.1 Å². The summed E-state index contributed by atoms with van der Waals surface area (Å²) < 4.78 is 7.05. The van der Waals surface area contributed by atoms with Crippen molar-refractivity contribution in [2.24, 2.45) is 13.0 Å². The van der Waals surface area contributed by atoms with E-state index in [4.69, 9.17) is 4.74 Å². The fourth-order valence-corrected chi connectivity index (χ4v) is 1.67. The van der Waals surface area contributed by atoms with Crippen LogP contribution in [0.3, 0.4) is 0 Å². The minimum Gasteiger partial charge on any atom is -0.456 e. The molecule has 0 saturated carbocycles. The molecule has 1 N–H and O–H groups in total. The van der Waals surface area contributed by atoms with Crippen LogP contribution in [0.5, 0.6) is 6.01 Å². The first-order valence-electron chi connectivity index (χ1n) is 6.76. The normalized spacial score (nSPS) is 11.0. The lowest BCUT2D eigenvalue weighted by molar-refractivity contribution is 0.275. The first-order chi connectivity index (χ1) is 9.63. The average Bonchev–Trinajstić information content (AvgIpc) is 2.83. The van der Waals surface area contributed by atoms with Gasteiger partial charge >= 0.3 is 6.01 Å². The molecular weight excluding hydrogens is 254 g/mol. The van der Waals surface area contributed by atoms with E-state index in [1.807, 2.05) is 12.3 Å². The van der Waals surface area contributed by atoms with Gasteiger partial charge in [-0.05, 0) is 24.1 Å². The van der Waals surface area contributed by atoms with Crippen molar-refractivity contribution < 1.29 is 4.74 Å². The molecule has 0 amide bonds. The Morgan fingerprint density at radius 1 is 1.30 bits per heavy atom. The van der Waals surface area contributed by atoms with Gasteiger partial charge in [0.05, 0.1) is 5.69 Å². The van der Waals surface area contributed by atoms with E-state index in [0.29, 0.717) is 18.5 Å². The van der Waals surface area contributed by atoms with Gasteiger partial charge in [0.1, 0.15) is 12.9 Å². The molecule has 2 aromatic heterocycles. The fraction of sp³-hybridized carbons (Fsp3) is 0.500. The highest BCUT2D eigenvalue weighted by Gasteiger charge is 2.02. The summed E-state index contributed by atoms with van der Waals surface area (Å²) in [6.07, 6.45) is 3.48. The Labute approximate surface area is 119 Å². The Morgan fingerprint density at radius 3 is 2.75 bits per heavy atom. The Hall–Kier alpha value is -1.95. The molecule has 0 aliphatic carbocycles. The van der Waals surface area contributed by atoms with Gasteiger partial charge in [0, 0.05) is 19.8 Å². The monoisotopic (exact) mass is 275 g/mol. The topological polar surface area (TPSA) is 64.9 Å². The SMILES string of the molecule is CC(C)CNCc1ccc(COc2ncn(C)n2)nc1. The van der Waals surface area contributed by atoms with Crippen molar-refractivity contribution in [1.29, 1.82) is 0 Å². The number of rotatable bonds is 7. The second-order valence-corrected chi connectivity index (χ2v) is 5.17. The van der Waals surface area contributed by atoms with E-state index in [1.165, 1.54) is 5.56 Å². The van der Waals surface area contributed by atoms with Crippen molar-refractivity contribution in [3.05, 3.63) is 35.9 Å². The number of ether oxygens (including phenoxy) is 1. The molecule has 2 rings (SSSR count). The van der Waals surface area contributed by atoms with E-state index in [1.54, 1.807) is 18.1 Å². The van der Waals surface area contributed by atoms with Crippen LogP contribution in [0.15, 0.2) is 24.7 Å². The van der Waals surface area contributed by atoms with Gasteiger partial charge in [-0.3, -0.25) is 9.67 Å². The Morgan fingerprint density at radius 2 is 2.15 bits per heavy atom. The summed E-state index contributed by atoms with van der Waals surface area (Å²) in [5.74, 6) is 0.654. The average molecular weight is 275 g/mol. The molecule has 0 unspecified atom stereocenters. The van der Waals surface area contributed by atoms with E-state index in [9.17, 15) is 0 Å². The van der Waals surface area contributed by atoms with Crippen LogP contribution in [0.25, 0.3) is 0 Å². The highest BCUT2D eigenvalue weighted by Crippen LogP contribution is 2.05. The van der Waals surface area contributed by atoms with Crippen LogP contribution in [-0.2, 0) is 20.2 Å². The van der Waals surface area contributed by atoms with Crippen LogP contribution in [0.4, 0.5) is 0 Å². The van der Waals surface area contributed by atoms with Crippen LogP contribution in [0.1, 0.15) is 25.1 Å². The van der Waals surface area contributed by atoms with Gasteiger partial charge in [-0.15, -0.1) is 5.10 Å². The molecule has 108 valence electrons. The maximum atomic E-state index is 5.44. The molecule has 0 aromatic carbocycles. The number of hydrogen-bond donors (Lipinski definition) is 1. The maximum Gasteiger partial charge on any atom is 0.335 e. The van der Waals surface area contributed by atoms with Crippen LogP contribution in [-0.4, -0.2) is 26.3 Å². The minimum absolute atomic E-state index is 0.372. The molecule has 0 bridgehead atoms. The number of hydrogen-bond acceptors (Lipinski definition) is 5. The summed E-state index contributed by atoms with van der Waals surface area (Å²) >= 11 is 0. The summed E-state index contributed by atoms with van der Waals surface area (Å²) in [5.41, 5.74) is 2.04. The highest BCUT2D eigenvalue weighted by atomic mass is 16.5. The fourth-order valence-electron chi connectivity index (χ4n) is 1.67. The van der Waals surface area contributed by atoms with Crippen molar-refractivity contribution >= 4 is 0 Å². The van der Waals surface area contributed by atoms with Crippen molar-refractivity contribution in [1.82, 2.24) is 25.1 Å². The quantitative estimate of drug-likeness (QED) is 0.830. The van der Waals surface area contributed by atoms with Crippen LogP contribution in [0.2, 0.25) is 0 Å². The number of pyridine rings is 1. The summed E-state index contributed by atoms with van der Waals surface area (Å²) in [6, 6.07) is 4.40. The smallest absolute Gasteiger partial charge is 0.335 e. The van der Waals surface area contributed by atoms with Crippen molar-refractivity contribution in [2.75, 3.05) is 6.54 Å². The molecule has 6 heteroatoms. The Balaban J connectivity index is 1.79. The van der Waals surface area contributed by atoms with Gasteiger partial charge in [0.25, 0.3) is 0 Å². The minimum atomic E-state index is 0.372. The van der Waals surface area contributed by atoms with Gasteiger partial charge in [0.15, 0.2) is 0 Å². The zero-order valence-corrected chi connectivity index (χ0v) is 12.2. The van der Waals surface area contributed by atoms with Gasteiger partial charge in [0.2, 0.25) is 0 Å². The highest BCUT2D eigenvalue weighted by molar-refractivity contribution is 5.13. The van der Waals surface area contributed by atoms with Crippen molar-refractivity contribution in [3.63, 3.8) is 0 Å². The van der Waals surface area contributed by atoms with Gasteiger partial charge in [-0.1, -0.05) is 19.9 Å². The predicted octanol–water partition coefficient (Wildman–Crippen LogP) is 1.53. The first-order valence-corrected chi connectivity index (χ1v) is 6.76. The predicted molar refractivity (Wildman–Crippen MR) is 76.1 cm³/mol. The zero-order valence-electron chi connectivity index (χ0n) is 12.2. The molecule has 2 heterocycles. The molecule has 0 aliphatic rings. The van der Waals surface area contributed by atoms with Crippen LogP contribution in [0, 0.1) is 5.92 Å².